The quantitative estimate of drug-likeness (QED) is 0.455. The summed E-state index contributed by atoms with van der Waals surface area (Å²) in [6.07, 6.45) is 3.77. The molecule has 0 bridgehead atoms. The number of hydrogen-bond donors (Lipinski definition) is 1. The molecular weight excluding hydrogens is 446 g/mol. The summed E-state index contributed by atoms with van der Waals surface area (Å²) in [5.74, 6) is -2.04. The van der Waals surface area contributed by atoms with Gasteiger partial charge in [0.1, 0.15) is 17.2 Å². The zero-order chi connectivity index (χ0) is 23.6. The molecule has 1 aliphatic rings. The Morgan fingerprint density at radius 2 is 1.73 bits per heavy atom. The largest absolute Gasteiger partial charge is 0.359 e. The van der Waals surface area contributed by atoms with Crippen LogP contribution in [0.5, 0.6) is 0 Å². The molecule has 0 radical (unpaired) electrons. The van der Waals surface area contributed by atoms with Gasteiger partial charge >= 0.3 is 0 Å². The van der Waals surface area contributed by atoms with Gasteiger partial charge in [-0.05, 0) is 49.9 Å². The molecule has 0 saturated carbocycles. The minimum Gasteiger partial charge on any atom is -0.359 e. The van der Waals surface area contributed by atoms with Crippen molar-refractivity contribution in [2.45, 2.75) is 25.4 Å². The van der Waals surface area contributed by atoms with Gasteiger partial charge < -0.3 is 10.2 Å². The molecule has 0 aromatic heterocycles. The Hall–Kier alpha value is -3.51. The fourth-order valence-electron chi connectivity index (χ4n) is 3.81. The first-order valence-electron chi connectivity index (χ1n) is 10.4. The molecular formula is C26H21ClF2N2O2. The molecule has 3 aromatic carbocycles. The Labute approximate surface area is 195 Å². The molecule has 1 heterocycles. The molecule has 0 fully saturated rings. The summed E-state index contributed by atoms with van der Waals surface area (Å²) in [6.45, 7) is 1.57. The van der Waals surface area contributed by atoms with Gasteiger partial charge in [0.15, 0.2) is 5.78 Å². The Balaban J connectivity index is 1.61. The summed E-state index contributed by atoms with van der Waals surface area (Å²) >= 11 is 6.13. The Kier molecular flexibility index (Phi) is 6.29. The molecule has 4 rings (SSSR count). The number of carbonyl (C=O) groups excluding carboxylic acids is 2. The lowest BCUT2D eigenvalue weighted by Crippen LogP contribution is -2.50. The third kappa shape index (κ3) is 4.52. The number of hydrogen-bond acceptors (Lipinski definition) is 3. The van der Waals surface area contributed by atoms with Crippen LogP contribution in [-0.2, 0) is 11.3 Å². The number of nitrogens with zero attached hydrogens (tertiary/aromatic N) is 1. The Morgan fingerprint density at radius 3 is 2.42 bits per heavy atom. The Morgan fingerprint density at radius 1 is 1.03 bits per heavy atom. The van der Waals surface area contributed by atoms with Crippen LogP contribution in [0.3, 0.4) is 0 Å². The highest BCUT2D eigenvalue weighted by Gasteiger charge is 2.41. The zero-order valence-corrected chi connectivity index (χ0v) is 18.6. The van der Waals surface area contributed by atoms with Crippen LogP contribution in [0.1, 0.15) is 34.8 Å². The van der Waals surface area contributed by atoms with Crippen LogP contribution >= 0.6 is 11.6 Å². The van der Waals surface area contributed by atoms with E-state index in [0.717, 1.165) is 0 Å². The van der Waals surface area contributed by atoms with E-state index in [-0.39, 0.29) is 23.5 Å². The molecule has 0 spiro atoms. The summed E-state index contributed by atoms with van der Waals surface area (Å²) in [5, 5.41) is 3.19. The third-order valence-electron chi connectivity index (χ3n) is 5.82. The number of benzene rings is 3. The average molecular weight is 467 g/mol. The molecule has 1 amide bonds. The second kappa shape index (κ2) is 9.16. The van der Waals surface area contributed by atoms with Crippen LogP contribution < -0.4 is 5.32 Å². The smallest absolute Gasteiger partial charge is 0.250 e. The van der Waals surface area contributed by atoms with E-state index in [1.54, 1.807) is 66.6 Å². The van der Waals surface area contributed by atoms with Crippen LogP contribution in [0.15, 0.2) is 79.0 Å². The van der Waals surface area contributed by atoms with Crippen LogP contribution in [0.2, 0.25) is 5.02 Å². The molecule has 0 aliphatic carbocycles. The maximum atomic E-state index is 14.2. The van der Waals surface area contributed by atoms with Crippen LogP contribution in [0, 0.1) is 11.6 Å². The number of anilines is 1. The predicted octanol–water partition coefficient (Wildman–Crippen LogP) is 5.97. The second-order valence-electron chi connectivity index (χ2n) is 8.03. The van der Waals surface area contributed by atoms with E-state index < -0.39 is 23.1 Å². The molecule has 168 valence electrons. The summed E-state index contributed by atoms with van der Waals surface area (Å²) in [7, 11) is 0. The lowest BCUT2D eigenvalue weighted by atomic mass is 9.95. The number of halogens is 3. The molecule has 3 aromatic rings. The maximum Gasteiger partial charge on any atom is 0.250 e. The molecule has 1 atom stereocenters. The maximum absolute atomic E-state index is 14.2. The van der Waals surface area contributed by atoms with Gasteiger partial charge in [0, 0.05) is 28.3 Å². The van der Waals surface area contributed by atoms with Gasteiger partial charge in [-0.3, -0.25) is 9.59 Å². The van der Waals surface area contributed by atoms with E-state index >= 15 is 0 Å². The standard InChI is InChI=1S/C26H21ClF2N2O2/c1-26(13-6-14-31(26)16-20-21(28)9-5-10-22(20)29)25(33)30-23-12-11-18(27)15-19(23)24(32)17-7-3-2-4-8-17/h2-12,14-15H,13,16H2,1H3,(H,30,33)/t26-/m1/s1. The van der Waals surface area contributed by atoms with Crippen molar-refractivity contribution in [1.29, 1.82) is 0 Å². The van der Waals surface area contributed by atoms with E-state index in [0.29, 0.717) is 22.7 Å². The van der Waals surface area contributed by atoms with Crippen molar-refractivity contribution in [1.82, 2.24) is 4.90 Å². The first-order valence-corrected chi connectivity index (χ1v) is 10.7. The minimum atomic E-state index is -1.11. The van der Waals surface area contributed by atoms with E-state index in [1.165, 1.54) is 24.3 Å². The van der Waals surface area contributed by atoms with E-state index in [1.807, 2.05) is 0 Å². The highest BCUT2D eigenvalue weighted by Crippen LogP contribution is 2.32. The van der Waals surface area contributed by atoms with Crippen molar-refractivity contribution in [3.8, 4) is 0 Å². The molecule has 33 heavy (non-hydrogen) atoms. The highest BCUT2D eigenvalue weighted by atomic mass is 35.5. The fourth-order valence-corrected chi connectivity index (χ4v) is 3.98. The van der Waals surface area contributed by atoms with Gasteiger partial charge in [-0.2, -0.15) is 0 Å². The van der Waals surface area contributed by atoms with Gasteiger partial charge in [-0.15, -0.1) is 0 Å². The van der Waals surface area contributed by atoms with E-state index in [4.69, 9.17) is 11.6 Å². The van der Waals surface area contributed by atoms with Crippen LogP contribution in [0.25, 0.3) is 0 Å². The Bertz CT molecular complexity index is 1230. The van der Waals surface area contributed by atoms with Crippen LogP contribution in [0.4, 0.5) is 14.5 Å². The van der Waals surface area contributed by atoms with Gasteiger partial charge in [0.2, 0.25) is 5.91 Å². The number of rotatable bonds is 6. The number of amides is 1. The normalized spacial score (nSPS) is 17.3. The second-order valence-corrected chi connectivity index (χ2v) is 8.47. The van der Waals surface area contributed by atoms with E-state index in [9.17, 15) is 18.4 Å². The number of ketones is 1. The zero-order valence-electron chi connectivity index (χ0n) is 17.8. The van der Waals surface area contributed by atoms with Gasteiger partial charge in [0.05, 0.1) is 5.69 Å². The summed E-state index contributed by atoms with van der Waals surface area (Å²) in [5.41, 5.74) is -0.205. The van der Waals surface area contributed by atoms with Crippen molar-refractivity contribution < 1.29 is 18.4 Å². The molecule has 0 unspecified atom stereocenters. The van der Waals surface area contributed by atoms with Crippen molar-refractivity contribution >= 4 is 29.0 Å². The predicted molar refractivity (Wildman–Crippen MR) is 124 cm³/mol. The van der Waals surface area contributed by atoms with E-state index in [2.05, 4.69) is 5.32 Å². The van der Waals surface area contributed by atoms with Crippen molar-refractivity contribution in [3.05, 3.63) is 112 Å². The highest BCUT2D eigenvalue weighted by molar-refractivity contribution is 6.31. The summed E-state index contributed by atoms with van der Waals surface area (Å²) in [6, 6.07) is 17.0. The summed E-state index contributed by atoms with van der Waals surface area (Å²) in [4.78, 5) is 28.0. The molecule has 1 N–H and O–H groups in total. The SMILES string of the molecule is C[C@]1(C(=O)Nc2ccc(Cl)cc2C(=O)c2ccccc2)CC=CN1Cc1c(F)cccc1F. The van der Waals surface area contributed by atoms with Crippen molar-refractivity contribution in [3.63, 3.8) is 0 Å². The summed E-state index contributed by atoms with van der Waals surface area (Å²) < 4.78 is 28.4. The number of carbonyl (C=O) groups is 2. The van der Waals surface area contributed by atoms with Crippen LogP contribution in [-0.4, -0.2) is 22.1 Å². The van der Waals surface area contributed by atoms with Gasteiger partial charge in [-0.25, -0.2) is 8.78 Å². The fraction of sp³-hybridized carbons (Fsp3) is 0.154. The minimum absolute atomic E-state index is 0.116. The topological polar surface area (TPSA) is 49.4 Å². The molecule has 1 aliphatic heterocycles. The third-order valence-corrected chi connectivity index (χ3v) is 6.06. The molecule has 4 nitrogen and oxygen atoms in total. The lowest BCUT2D eigenvalue weighted by Gasteiger charge is -2.35. The van der Waals surface area contributed by atoms with Crippen molar-refractivity contribution in [2.75, 3.05) is 5.32 Å². The lowest BCUT2D eigenvalue weighted by molar-refractivity contribution is -0.125. The molecule has 0 saturated heterocycles. The monoisotopic (exact) mass is 466 g/mol. The first-order chi connectivity index (χ1) is 15.8. The van der Waals surface area contributed by atoms with Gasteiger partial charge in [-0.1, -0.05) is 54.1 Å². The van der Waals surface area contributed by atoms with Gasteiger partial charge in [0.25, 0.3) is 0 Å². The average Bonchev–Trinajstić information content (AvgIpc) is 3.19. The molecule has 7 heteroatoms. The number of nitrogens with one attached hydrogen (secondary N) is 1. The van der Waals surface area contributed by atoms with Crippen molar-refractivity contribution in [2.24, 2.45) is 0 Å². The first kappa shape index (κ1) is 22.7.